The smallest absolute Gasteiger partial charge is 0.252 e. The van der Waals surface area contributed by atoms with Crippen LogP contribution in [0.1, 0.15) is 15.9 Å². The van der Waals surface area contributed by atoms with Crippen molar-refractivity contribution in [1.82, 2.24) is 9.88 Å². The van der Waals surface area contributed by atoms with E-state index in [9.17, 15) is 9.59 Å². The number of carbonyl (C=O) groups excluding carboxylic acids is 2. The molecule has 0 bridgehead atoms. The van der Waals surface area contributed by atoms with Gasteiger partial charge in [0.1, 0.15) is 12.4 Å². The fourth-order valence-corrected chi connectivity index (χ4v) is 2.97. The van der Waals surface area contributed by atoms with Crippen molar-refractivity contribution in [2.24, 2.45) is 12.8 Å². The topological polar surface area (TPSA) is 86.3 Å². The Morgan fingerprint density at radius 3 is 2.68 bits per heavy atom. The maximum absolute atomic E-state index is 12.2. The molecule has 0 spiro atoms. The molecule has 3 rings (SSSR count). The summed E-state index contributed by atoms with van der Waals surface area (Å²) in [5.41, 5.74) is 7.69. The normalized spacial score (nSPS) is 10.2. The van der Waals surface area contributed by atoms with Crippen LogP contribution in [0.3, 0.4) is 0 Å². The number of nitrogens with one attached hydrogen (secondary N) is 1. The van der Waals surface area contributed by atoms with Crippen LogP contribution in [0.4, 0.5) is 0 Å². The predicted molar refractivity (Wildman–Crippen MR) is 108 cm³/mol. The number of hydrogen-bond donors (Lipinski definition) is 2. The molecule has 0 atom stereocenters. The van der Waals surface area contributed by atoms with Gasteiger partial charge in [-0.2, -0.15) is 0 Å². The van der Waals surface area contributed by atoms with Crippen LogP contribution in [0.15, 0.2) is 54.7 Å². The van der Waals surface area contributed by atoms with Crippen molar-refractivity contribution >= 4 is 22.7 Å². The first kappa shape index (κ1) is 19.1. The molecule has 0 fully saturated rings. The van der Waals surface area contributed by atoms with Crippen molar-refractivity contribution in [2.45, 2.75) is 6.42 Å². The van der Waals surface area contributed by atoms with Crippen molar-refractivity contribution in [2.75, 3.05) is 13.2 Å². The lowest BCUT2D eigenvalue weighted by Crippen LogP contribution is -2.25. The van der Waals surface area contributed by atoms with Crippen molar-refractivity contribution < 1.29 is 14.3 Å². The van der Waals surface area contributed by atoms with E-state index in [1.165, 1.54) is 0 Å². The first-order valence-corrected chi connectivity index (χ1v) is 8.83. The molecule has 1 heterocycles. The number of nitrogens with two attached hydrogens (primary N) is 1. The molecule has 3 N–H and O–H groups in total. The van der Waals surface area contributed by atoms with Crippen LogP contribution in [0.25, 0.3) is 10.9 Å². The fraction of sp³-hybridized carbons (Fsp3) is 0.182. The van der Waals surface area contributed by atoms with Crippen LogP contribution in [0, 0.1) is 11.8 Å². The van der Waals surface area contributed by atoms with Gasteiger partial charge >= 0.3 is 0 Å². The Labute approximate surface area is 163 Å². The summed E-state index contributed by atoms with van der Waals surface area (Å²) in [6.07, 6.45) is 2.27. The third kappa shape index (κ3) is 4.51. The van der Waals surface area contributed by atoms with Gasteiger partial charge in [-0.1, -0.05) is 42.2 Å². The molecule has 0 aliphatic heterocycles. The zero-order chi connectivity index (χ0) is 19.9. The Bertz CT molecular complexity index is 1070. The van der Waals surface area contributed by atoms with Crippen LogP contribution >= 0.6 is 0 Å². The van der Waals surface area contributed by atoms with Crippen LogP contribution in [0.2, 0.25) is 0 Å². The first-order chi connectivity index (χ1) is 13.6. The van der Waals surface area contributed by atoms with Crippen LogP contribution in [-0.4, -0.2) is 29.5 Å². The quantitative estimate of drug-likeness (QED) is 0.646. The van der Waals surface area contributed by atoms with Gasteiger partial charge in [-0.05, 0) is 23.8 Å². The molecule has 3 aromatic rings. The summed E-state index contributed by atoms with van der Waals surface area (Å²) < 4.78 is 7.48. The summed E-state index contributed by atoms with van der Waals surface area (Å²) in [5.74, 6) is 5.39. The molecule has 0 saturated heterocycles. The van der Waals surface area contributed by atoms with Gasteiger partial charge in [-0.25, -0.2) is 0 Å². The number of ether oxygens (including phenoxy) is 1. The number of aromatic nitrogens is 1. The van der Waals surface area contributed by atoms with Crippen molar-refractivity contribution in [3.8, 4) is 17.6 Å². The van der Waals surface area contributed by atoms with Gasteiger partial charge < -0.3 is 20.4 Å². The number of benzene rings is 2. The van der Waals surface area contributed by atoms with E-state index in [0.717, 1.165) is 16.5 Å². The minimum Gasteiger partial charge on any atom is -0.480 e. The van der Waals surface area contributed by atoms with Gasteiger partial charge in [0.15, 0.2) is 0 Å². The lowest BCUT2D eigenvalue weighted by atomic mass is 10.1. The van der Waals surface area contributed by atoms with E-state index in [1.807, 2.05) is 42.1 Å². The highest BCUT2D eigenvalue weighted by Crippen LogP contribution is 2.20. The highest BCUT2D eigenvalue weighted by atomic mass is 16.5. The molecule has 0 saturated carbocycles. The van der Waals surface area contributed by atoms with Crippen molar-refractivity contribution in [1.29, 1.82) is 0 Å². The van der Waals surface area contributed by atoms with Crippen LogP contribution in [-0.2, 0) is 18.3 Å². The van der Waals surface area contributed by atoms with E-state index in [-0.39, 0.29) is 19.1 Å². The molecule has 6 nitrogen and oxygen atoms in total. The monoisotopic (exact) mass is 375 g/mol. The molecule has 2 amide bonds. The number of rotatable bonds is 6. The second kappa shape index (κ2) is 8.78. The molecular formula is C22H21N3O3. The van der Waals surface area contributed by atoms with E-state index in [0.29, 0.717) is 17.7 Å². The van der Waals surface area contributed by atoms with Crippen molar-refractivity contribution in [3.05, 3.63) is 65.9 Å². The minimum absolute atomic E-state index is 0.0920. The average Bonchev–Trinajstić information content (AvgIpc) is 3.00. The molecule has 2 aromatic carbocycles. The summed E-state index contributed by atoms with van der Waals surface area (Å²) in [7, 11) is 1.96. The summed E-state index contributed by atoms with van der Waals surface area (Å²) in [6, 6.07) is 14.7. The summed E-state index contributed by atoms with van der Waals surface area (Å²) in [5, 5.41) is 3.86. The number of para-hydroxylation sites is 2. The van der Waals surface area contributed by atoms with E-state index >= 15 is 0 Å². The molecule has 1 aromatic heterocycles. The number of primary amides is 1. The zero-order valence-corrected chi connectivity index (χ0v) is 15.6. The molecule has 0 unspecified atom stereocenters. The Morgan fingerprint density at radius 1 is 1.11 bits per heavy atom. The third-order valence-electron chi connectivity index (χ3n) is 4.28. The van der Waals surface area contributed by atoms with Gasteiger partial charge in [0.05, 0.1) is 18.5 Å². The maximum Gasteiger partial charge on any atom is 0.252 e. The average molecular weight is 375 g/mol. The lowest BCUT2D eigenvalue weighted by molar-refractivity contribution is -0.120. The van der Waals surface area contributed by atoms with Crippen LogP contribution in [0.5, 0.6) is 5.75 Å². The lowest BCUT2D eigenvalue weighted by Gasteiger charge is -2.05. The van der Waals surface area contributed by atoms with Gasteiger partial charge in [-0.15, -0.1) is 0 Å². The Hall–Kier alpha value is -3.72. The van der Waals surface area contributed by atoms with Gasteiger partial charge in [-0.3, -0.25) is 9.59 Å². The molecule has 0 radical (unpaired) electrons. The number of aryl methyl sites for hydroxylation is 1. The molecule has 0 aliphatic rings. The second-order valence-corrected chi connectivity index (χ2v) is 6.24. The SMILES string of the molecule is Cn1cc(CC(=O)NCC#CCOc2ccccc2C(N)=O)c2ccccc21. The largest absolute Gasteiger partial charge is 0.480 e. The molecule has 0 aliphatic carbocycles. The summed E-state index contributed by atoms with van der Waals surface area (Å²) in [4.78, 5) is 23.5. The molecular weight excluding hydrogens is 354 g/mol. The zero-order valence-electron chi connectivity index (χ0n) is 15.6. The number of hydrogen-bond acceptors (Lipinski definition) is 3. The van der Waals surface area contributed by atoms with Gasteiger partial charge in [0, 0.05) is 24.1 Å². The first-order valence-electron chi connectivity index (χ1n) is 8.83. The fourth-order valence-electron chi connectivity index (χ4n) is 2.97. The highest BCUT2D eigenvalue weighted by molar-refractivity contribution is 5.95. The maximum atomic E-state index is 12.2. The van der Waals surface area contributed by atoms with Crippen LogP contribution < -0.4 is 15.8 Å². The molecule has 6 heteroatoms. The highest BCUT2D eigenvalue weighted by Gasteiger charge is 2.10. The van der Waals surface area contributed by atoms with Gasteiger partial charge in [0.25, 0.3) is 5.91 Å². The predicted octanol–water partition coefficient (Wildman–Crippen LogP) is 2.02. The number of carbonyl (C=O) groups is 2. The Kier molecular flexibility index (Phi) is 5.97. The van der Waals surface area contributed by atoms with E-state index in [1.54, 1.807) is 24.3 Å². The summed E-state index contributed by atoms with van der Waals surface area (Å²) in [6.45, 7) is 0.327. The molecule has 28 heavy (non-hydrogen) atoms. The Morgan fingerprint density at radius 2 is 1.86 bits per heavy atom. The number of fused-ring (bicyclic) bond motifs is 1. The number of nitrogens with zero attached hydrogens (tertiary/aromatic N) is 1. The van der Waals surface area contributed by atoms with E-state index < -0.39 is 5.91 Å². The standard InChI is InChI=1S/C22H21N3O3/c1-25-15-16(17-8-2-4-10-19(17)25)14-21(26)24-12-6-7-13-28-20-11-5-3-9-18(20)22(23)27/h2-5,8-11,15H,12-14H2,1H3,(H2,23,27)(H,24,26). The van der Waals surface area contributed by atoms with E-state index in [2.05, 4.69) is 17.2 Å². The van der Waals surface area contributed by atoms with Crippen molar-refractivity contribution in [3.63, 3.8) is 0 Å². The summed E-state index contributed by atoms with van der Waals surface area (Å²) >= 11 is 0. The Balaban J connectivity index is 1.48. The molecule has 142 valence electrons. The number of amides is 2. The van der Waals surface area contributed by atoms with Gasteiger partial charge in [0.2, 0.25) is 5.91 Å². The minimum atomic E-state index is -0.552. The third-order valence-corrected chi connectivity index (χ3v) is 4.28. The second-order valence-electron chi connectivity index (χ2n) is 6.24. The van der Waals surface area contributed by atoms with E-state index in [4.69, 9.17) is 10.5 Å².